The van der Waals surface area contributed by atoms with E-state index in [1.165, 1.54) is 31.6 Å². The Labute approximate surface area is 132 Å². The lowest BCUT2D eigenvalue weighted by molar-refractivity contribution is 0.398. The maximum absolute atomic E-state index is 12.3. The lowest BCUT2D eigenvalue weighted by Crippen LogP contribution is -2.19. The molecule has 0 saturated carbocycles. The van der Waals surface area contributed by atoms with Gasteiger partial charge in [-0.3, -0.25) is 4.72 Å². The van der Waals surface area contributed by atoms with E-state index in [4.69, 9.17) is 22.7 Å². The number of rotatable bonds is 5. The van der Waals surface area contributed by atoms with Gasteiger partial charge in [0.15, 0.2) is 5.11 Å². The third-order valence-corrected chi connectivity index (χ3v) is 3.98. The van der Waals surface area contributed by atoms with Crippen molar-refractivity contribution in [3.05, 3.63) is 36.7 Å². The Morgan fingerprint density at radius 3 is 2.45 bits per heavy atom. The van der Waals surface area contributed by atoms with E-state index in [9.17, 15) is 8.42 Å². The van der Waals surface area contributed by atoms with Gasteiger partial charge in [0, 0.05) is 18.1 Å². The van der Waals surface area contributed by atoms with Crippen LogP contribution in [0.25, 0.3) is 0 Å². The van der Waals surface area contributed by atoms with E-state index in [1.54, 1.807) is 12.1 Å². The number of aromatic nitrogens is 2. The van der Waals surface area contributed by atoms with E-state index in [0.29, 0.717) is 5.69 Å². The van der Waals surface area contributed by atoms with Gasteiger partial charge >= 0.3 is 0 Å². The molecule has 0 aliphatic heterocycles. The molecule has 10 heteroatoms. The van der Waals surface area contributed by atoms with Crippen LogP contribution in [0.15, 0.2) is 41.6 Å². The molecule has 1 aromatic carbocycles. The zero-order chi connectivity index (χ0) is 16.2. The summed E-state index contributed by atoms with van der Waals surface area (Å²) in [4.78, 5) is 7.82. The number of methoxy groups -OCH3 is 1. The summed E-state index contributed by atoms with van der Waals surface area (Å²) in [5.41, 5.74) is 5.93. The van der Waals surface area contributed by atoms with Gasteiger partial charge in [-0.15, -0.1) is 0 Å². The fourth-order valence-corrected chi connectivity index (χ4v) is 2.72. The molecule has 0 aliphatic rings. The smallest absolute Gasteiger partial charge is 0.263 e. The minimum absolute atomic E-state index is 0.00957. The average molecular weight is 339 g/mol. The number of ether oxygens (including phenoxy) is 1. The normalized spacial score (nSPS) is 10.8. The minimum atomic E-state index is -3.82. The van der Waals surface area contributed by atoms with Crippen LogP contribution in [0.4, 0.5) is 11.5 Å². The fourth-order valence-electron chi connectivity index (χ4n) is 1.59. The van der Waals surface area contributed by atoms with Crippen LogP contribution in [0.1, 0.15) is 0 Å². The maximum atomic E-state index is 12.3. The highest BCUT2D eigenvalue weighted by molar-refractivity contribution is 7.92. The van der Waals surface area contributed by atoms with Crippen LogP contribution in [-0.4, -0.2) is 30.6 Å². The van der Waals surface area contributed by atoms with Gasteiger partial charge < -0.3 is 15.8 Å². The Morgan fingerprint density at radius 2 is 1.86 bits per heavy atom. The first kappa shape index (κ1) is 15.9. The Morgan fingerprint density at radius 1 is 1.23 bits per heavy atom. The zero-order valence-corrected chi connectivity index (χ0v) is 13.1. The van der Waals surface area contributed by atoms with Crippen molar-refractivity contribution in [1.29, 1.82) is 0 Å². The molecule has 4 N–H and O–H groups in total. The highest BCUT2D eigenvalue weighted by Crippen LogP contribution is 2.22. The van der Waals surface area contributed by atoms with Crippen molar-refractivity contribution in [1.82, 2.24) is 9.97 Å². The third-order valence-electron chi connectivity index (χ3n) is 2.52. The number of nitrogens with zero attached hydrogens (tertiary/aromatic N) is 2. The second-order valence-electron chi connectivity index (χ2n) is 4.03. The Kier molecular flexibility index (Phi) is 4.73. The molecule has 1 aromatic heterocycles. The standard InChI is InChI=1S/C12H13N5O3S2/c1-20-11-10(14-6-7-15-11)17-22(18,19)9-4-2-8(3-5-9)16-12(13)21/h2-7H,1H3,(H,14,17)(H3,13,16,21). The summed E-state index contributed by atoms with van der Waals surface area (Å²) in [6, 6.07) is 5.90. The molecule has 2 aromatic rings. The van der Waals surface area contributed by atoms with E-state index >= 15 is 0 Å². The van der Waals surface area contributed by atoms with Gasteiger partial charge in [-0.25, -0.2) is 18.4 Å². The van der Waals surface area contributed by atoms with E-state index < -0.39 is 10.0 Å². The van der Waals surface area contributed by atoms with Crippen LogP contribution < -0.4 is 20.5 Å². The molecule has 0 fully saturated rings. The van der Waals surface area contributed by atoms with Gasteiger partial charge in [0.1, 0.15) is 0 Å². The Hall–Kier alpha value is -2.46. The molecular weight excluding hydrogens is 326 g/mol. The van der Waals surface area contributed by atoms with Crippen molar-refractivity contribution in [2.24, 2.45) is 5.73 Å². The number of nitrogens with two attached hydrogens (primary N) is 1. The predicted molar refractivity (Wildman–Crippen MR) is 86.2 cm³/mol. The second-order valence-corrected chi connectivity index (χ2v) is 6.16. The zero-order valence-electron chi connectivity index (χ0n) is 11.5. The topological polar surface area (TPSA) is 119 Å². The van der Waals surface area contributed by atoms with Crippen molar-refractivity contribution >= 4 is 38.9 Å². The van der Waals surface area contributed by atoms with Gasteiger partial charge in [-0.2, -0.15) is 0 Å². The van der Waals surface area contributed by atoms with Crippen LogP contribution >= 0.6 is 12.2 Å². The van der Waals surface area contributed by atoms with E-state index in [2.05, 4.69) is 20.0 Å². The number of sulfonamides is 1. The molecule has 0 bridgehead atoms. The molecule has 0 atom stereocenters. The largest absolute Gasteiger partial charge is 0.478 e. The van der Waals surface area contributed by atoms with E-state index in [0.717, 1.165) is 0 Å². The lowest BCUT2D eigenvalue weighted by atomic mass is 10.3. The molecule has 0 aliphatic carbocycles. The van der Waals surface area contributed by atoms with Crippen molar-refractivity contribution in [2.45, 2.75) is 4.90 Å². The van der Waals surface area contributed by atoms with Gasteiger partial charge in [0.05, 0.1) is 12.0 Å². The van der Waals surface area contributed by atoms with Gasteiger partial charge in [-0.1, -0.05) is 0 Å². The molecule has 1 heterocycles. The summed E-state index contributed by atoms with van der Waals surface area (Å²) >= 11 is 4.71. The molecule has 8 nitrogen and oxygen atoms in total. The van der Waals surface area contributed by atoms with Crippen molar-refractivity contribution < 1.29 is 13.2 Å². The second kappa shape index (κ2) is 6.54. The number of nitrogens with one attached hydrogen (secondary N) is 2. The maximum Gasteiger partial charge on any atom is 0.263 e. The predicted octanol–water partition coefficient (Wildman–Crippen LogP) is 0.942. The van der Waals surface area contributed by atoms with Crippen LogP contribution in [-0.2, 0) is 10.0 Å². The number of hydrogen-bond acceptors (Lipinski definition) is 6. The lowest BCUT2D eigenvalue weighted by Gasteiger charge is -2.10. The van der Waals surface area contributed by atoms with Crippen LogP contribution in [0.3, 0.4) is 0 Å². The molecule has 0 radical (unpaired) electrons. The summed E-state index contributed by atoms with van der Waals surface area (Å²) in [6.07, 6.45) is 2.75. The van der Waals surface area contributed by atoms with Crippen LogP contribution in [0, 0.1) is 0 Å². The first-order chi connectivity index (χ1) is 10.4. The van der Waals surface area contributed by atoms with Gasteiger partial charge in [0.25, 0.3) is 15.9 Å². The van der Waals surface area contributed by atoms with Crippen LogP contribution in [0.5, 0.6) is 5.88 Å². The molecule has 2 rings (SSSR count). The number of anilines is 2. The highest BCUT2D eigenvalue weighted by atomic mass is 32.2. The first-order valence-electron chi connectivity index (χ1n) is 5.97. The summed E-state index contributed by atoms with van der Waals surface area (Å²) < 4.78 is 31.9. The molecule has 0 saturated heterocycles. The van der Waals surface area contributed by atoms with Crippen molar-refractivity contribution in [2.75, 3.05) is 17.1 Å². The fraction of sp³-hybridized carbons (Fsp3) is 0.0833. The monoisotopic (exact) mass is 339 g/mol. The van der Waals surface area contributed by atoms with Gasteiger partial charge in [0.2, 0.25) is 5.82 Å². The van der Waals surface area contributed by atoms with E-state index in [1.807, 2.05) is 0 Å². The Bertz CT molecular complexity index is 778. The molecule has 0 unspecified atom stereocenters. The van der Waals surface area contributed by atoms with Crippen molar-refractivity contribution in [3.63, 3.8) is 0 Å². The summed E-state index contributed by atoms with van der Waals surface area (Å²) in [6.45, 7) is 0. The average Bonchev–Trinajstić information content (AvgIpc) is 2.47. The molecule has 22 heavy (non-hydrogen) atoms. The number of hydrogen-bond donors (Lipinski definition) is 3. The highest BCUT2D eigenvalue weighted by Gasteiger charge is 2.17. The summed E-state index contributed by atoms with van der Waals surface area (Å²) in [5.74, 6) is 0.0909. The van der Waals surface area contributed by atoms with Crippen LogP contribution in [0.2, 0.25) is 0 Å². The SMILES string of the molecule is COc1nccnc1NS(=O)(=O)c1ccc(NC(N)=S)cc1. The molecule has 0 spiro atoms. The molecule has 0 amide bonds. The quantitative estimate of drug-likeness (QED) is 0.689. The Balaban J connectivity index is 2.25. The summed E-state index contributed by atoms with van der Waals surface area (Å²) in [7, 11) is -2.44. The molecule has 116 valence electrons. The third kappa shape index (κ3) is 3.80. The minimum Gasteiger partial charge on any atom is -0.478 e. The van der Waals surface area contributed by atoms with Crippen molar-refractivity contribution in [3.8, 4) is 5.88 Å². The number of thiocarbonyl (C=S) groups is 1. The van der Waals surface area contributed by atoms with E-state index in [-0.39, 0.29) is 21.7 Å². The van der Waals surface area contributed by atoms with Gasteiger partial charge in [-0.05, 0) is 36.5 Å². The number of benzene rings is 1. The molecular formula is C12H13N5O3S2. The summed E-state index contributed by atoms with van der Waals surface area (Å²) in [5, 5.41) is 2.80. The first-order valence-corrected chi connectivity index (χ1v) is 7.86.